The Morgan fingerprint density at radius 1 is 1.32 bits per heavy atom. The highest BCUT2D eigenvalue weighted by molar-refractivity contribution is 7.99. The Hall–Kier alpha value is -3.20. The zero-order valence-corrected chi connectivity index (χ0v) is 16.3. The van der Waals surface area contributed by atoms with Crippen molar-refractivity contribution in [3.05, 3.63) is 76.0 Å². The zero-order chi connectivity index (χ0) is 20.1. The average molecular weight is 396 g/mol. The van der Waals surface area contributed by atoms with Gasteiger partial charge in [0.1, 0.15) is 5.03 Å². The number of hydrogen-bond donors (Lipinski definition) is 1. The van der Waals surface area contributed by atoms with Gasteiger partial charge in [0, 0.05) is 23.2 Å². The average Bonchev–Trinajstić information content (AvgIpc) is 3.01. The van der Waals surface area contributed by atoms with E-state index in [0.29, 0.717) is 12.4 Å². The summed E-state index contributed by atoms with van der Waals surface area (Å²) in [6.07, 6.45) is 3.24. The number of hydrogen-bond acceptors (Lipinski definition) is 7. The van der Waals surface area contributed by atoms with E-state index in [-0.39, 0.29) is 11.6 Å². The molecule has 0 aliphatic carbocycles. The van der Waals surface area contributed by atoms with Crippen LogP contribution in [0.3, 0.4) is 0 Å². The lowest BCUT2D eigenvalue weighted by atomic mass is 10.1. The minimum Gasteiger partial charge on any atom is -0.323 e. The molecule has 0 aliphatic rings. The lowest BCUT2D eigenvalue weighted by Crippen LogP contribution is -2.08. The summed E-state index contributed by atoms with van der Waals surface area (Å²) in [5, 5.41) is 15.6. The summed E-state index contributed by atoms with van der Waals surface area (Å²) in [5.41, 5.74) is 1.79. The van der Waals surface area contributed by atoms with Gasteiger partial charge in [-0.1, -0.05) is 37.7 Å². The second-order valence-electron chi connectivity index (χ2n) is 6.36. The molecule has 0 saturated heterocycles. The Labute approximate surface area is 166 Å². The van der Waals surface area contributed by atoms with E-state index in [1.807, 2.05) is 42.7 Å². The molecule has 2 aromatic heterocycles. The van der Waals surface area contributed by atoms with Gasteiger partial charge < -0.3 is 10.4 Å². The number of pyridine rings is 1. The lowest BCUT2D eigenvalue weighted by Gasteiger charge is -2.12. The minimum atomic E-state index is -0.398. The van der Waals surface area contributed by atoms with Crippen LogP contribution in [0.15, 0.2) is 63.7 Å². The molecular weight excluding hydrogens is 376 g/mol. The van der Waals surface area contributed by atoms with Crippen molar-refractivity contribution in [3.8, 4) is 0 Å². The molecule has 2 heterocycles. The molecule has 3 rings (SSSR count). The van der Waals surface area contributed by atoms with Crippen LogP contribution in [0.1, 0.15) is 37.0 Å². The van der Waals surface area contributed by atoms with Gasteiger partial charge in [0.2, 0.25) is 0 Å². The number of nitrogens with zero attached hydrogens (tertiary/aromatic N) is 5. The maximum absolute atomic E-state index is 11.1. The standard InChI is InChI=1S/C19H20N6O2S/c1-13(2)18-19(28-16-8-5-7-15(10-16)25(26)27)24(17(23-18)11-22-20)12-14-6-3-4-9-21-14/h3-11,13H,12,20H2,1-2H3. The van der Waals surface area contributed by atoms with Gasteiger partial charge in [-0.15, -0.1) is 0 Å². The van der Waals surface area contributed by atoms with Gasteiger partial charge in [0.15, 0.2) is 5.82 Å². The predicted molar refractivity (Wildman–Crippen MR) is 109 cm³/mol. The molecule has 28 heavy (non-hydrogen) atoms. The first-order valence-corrected chi connectivity index (χ1v) is 9.47. The minimum absolute atomic E-state index is 0.0515. The number of nitro benzene ring substituents is 1. The van der Waals surface area contributed by atoms with Crippen LogP contribution in [-0.4, -0.2) is 25.7 Å². The number of rotatable bonds is 7. The maximum Gasteiger partial charge on any atom is 0.270 e. The smallest absolute Gasteiger partial charge is 0.270 e. The molecule has 1 aromatic carbocycles. The fourth-order valence-corrected chi connectivity index (χ4v) is 3.90. The van der Waals surface area contributed by atoms with Crippen molar-refractivity contribution in [1.29, 1.82) is 0 Å². The molecule has 0 atom stereocenters. The van der Waals surface area contributed by atoms with Crippen molar-refractivity contribution >= 4 is 23.7 Å². The van der Waals surface area contributed by atoms with E-state index in [1.165, 1.54) is 24.0 Å². The first kappa shape index (κ1) is 19.6. The molecule has 0 radical (unpaired) electrons. The summed E-state index contributed by atoms with van der Waals surface area (Å²) in [6.45, 7) is 4.59. The van der Waals surface area contributed by atoms with Crippen LogP contribution in [-0.2, 0) is 6.54 Å². The molecule has 0 saturated carbocycles. The lowest BCUT2D eigenvalue weighted by molar-refractivity contribution is -0.385. The first-order valence-electron chi connectivity index (χ1n) is 8.65. The number of aromatic nitrogens is 3. The summed E-state index contributed by atoms with van der Waals surface area (Å²) in [4.78, 5) is 20.6. The maximum atomic E-state index is 11.1. The normalized spacial score (nSPS) is 11.4. The molecular formula is C19H20N6O2S. The molecule has 144 valence electrons. The Kier molecular flexibility index (Phi) is 6.05. The third-order valence-electron chi connectivity index (χ3n) is 4.00. The molecule has 0 spiro atoms. The van der Waals surface area contributed by atoms with Crippen LogP contribution in [0.25, 0.3) is 0 Å². The Balaban J connectivity index is 2.09. The second kappa shape index (κ2) is 8.66. The van der Waals surface area contributed by atoms with Crippen molar-refractivity contribution in [2.45, 2.75) is 36.2 Å². The van der Waals surface area contributed by atoms with Gasteiger partial charge >= 0.3 is 0 Å². The van der Waals surface area contributed by atoms with Crippen molar-refractivity contribution in [2.75, 3.05) is 0 Å². The monoisotopic (exact) mass is 396 g/mol. The third kappa shape index (κ3) is 4.37. The molecule has 0 aliphatic heterocycles. The fraction of sp³-hybridized carbons (Fsp3) is 0.211. The summed E-state index contributed by atoms with van der Waals surface area (Å²) in [5.74, 6) is 6.15. The predicted octanol–water partition coefficient (Wildman–Crippen LogP) is 3.80. The van der Waals surface area contributed by atoms with Crippen LogP contribution in [0.4, 0.5) is 5.69 Å². The summed E-state index contributed by atoms with van der Waals surface area (Å²) in [6, 6.07) is 12.3. The molecule has 9 heteroatoms. The number of hydrazone groups is 1. The highest BCUT2D eigenvalue weighted by atomic mass is 32.2. The molecule has 0 unspecified atom stereocenters. The zero-order valence-electron chi connectivity index (χ0n) is 15.5. The van der Waals surface area contributed by atoms with Crippen molar-refractivity contribution in [3.63, 3.8) is 0 Å². The van der Waals surface area contributed by atoms with Gasteiger partial charge in [0.05, 0.1) is 29.1 Å². The van der Waals surface area contributed by atoms with E-state index < -0.39 is 4.92 Å². The summed E-state index contributed by atoms with van der Waals surface area (Å²) in [7, 11) is 0. The Morgan fingerprint density at radius 3 is 2.79 bits per heavy atom. The number of imidazole rings is 1. The molecule has 0 amide bonds. The van der Waals surface area contributed by atoms with E-state index in [4.69, 9.17) is 10.8 Å². The van der Waals surface area contributed by atoms with Gasteiger partial charge in [0.25, 0.3) is 5.69 Å². The van der Waals surface area contributed by atoms with Crippen LogP contribution in [0.5, 0.6) is 0 Å². The number of benzene rings is 1. The molecule has 3 aromatic rings. The number of non-ortho nitro benzene ring substituents is 1. The van der Waals surface area contributed by atoms with E-state index >= 15 is 0 Å². The van der Waals surface area contributed by atoms with E-state index in [0.717, 1.165) is 21.3 Å². The first-order chi connectivity index (χ1) is 13.5. The van der Waals surface area contributed by atoms with Gasteiger partial charge in [-0.05, 0) is 24.1 Å². The van der Waals surface area contributed by atoms with Crippen LogP contribution in [0, 0.1) is 10.1 Å². The summed E-state index contributed by atoms with van der Waals surface area (Å²) < 4.78 is 1.98. The SMILES string of the molecule is CC(C)c1nc(C=NN)n(Cc2ccccn2)c1Sc1cccc([N+](=O)[O-])c1. The molecule has 0 fully saturated rings. The number of nitro groups is 1. The second-order valence-corrected chi connectivity index (χ2v) is 7.42. The van der Waals surface area contributed by atoms with Crippen LogP contribution < -0.4 is 5.84 Å². The van der Waals surface area contributed by atoms with E-state index in [9.17, 15) is 10.1 Å². The Bertz CT molecular complexity index is 1000. The van der Waals surface area contributed by atoms with Crippen LogP contribution >= 0.6 is 11.8 Å². The fourth-order valence-electron chi connectivity index (χ4n) is 2.70. The largest absolute Gasteiger partial charge is 0.323 e. The van der Waals surface area contributed by atoms with Gasteiger partial charge in [-0.25, -0.2) is 4.98 Å². The van der Waals surface area contributed by atoms with Crippen molar-refractivity contribution in [2.24, 2.45) is 10.9 Å². The molecule has 2 N–H and O–H groups in total. The van der Waals surface area contributed by atoms with Gasteiger partial charge in [-0.3, -0.25) is 15.1 Å². The number of nitrogens with two attached hydrogens (primary N) is 1. The highest BCUT2D eigenvalue weighted by Gasteiger charge is 2.21. The third-order valence-corrected chi connectivity index (χ3v) is 5.11. The molecule has 0 bridgehead atoms. The van der Waals surface area contributed by atoms with E-state index in [1.54, 1.807) is 18.3 Å². The molecule has 8 nitrogen and oxygen atoms in total. The van der Waals surface area contributed by atoms with Crippen molar-refractivity contribution < 1.29 is 4.92 Å². The highest BCUT2D eigenvalue weighted by Crippen LogP contribution is 2.36. The quantitative estimate of drug-likeness (QED) is 0.281. The van der Waals surface area contributed by atoms with Crippen LogP contribution in [0.2, 0.25) is 0 Å². The van der Waals surface area contributed by atoms with Gasteiger partial charge in [-0.2, -0.15) is 5.10 Å². The summed E-state index contributed by atoms with van der Waals surface area (Å²) >= 11 is 1.43. The topological polar surface area (TPSA) is 112 Å². The Morgan fingerprint density at radius 2 is 2.14 bits per heavy atom. The van der Waals surface area contributed by atoms with E-state index in [2.05, 4.69) is 10.1 Å². The van der Waals surface area contributed by atoms with Crippen molar-refractivity contribution in [1.82, 2.24) is 14.5 Å².